The number of hydrogen-bond acceptors (Lipinski definition) is 2. The number of carbonyl (C=O) groups is 1. The highest BCUT2D eigenvalue weighted by Gasteiger charge is 2.20. The molecule has 0 aromatic heterocycles. The molecular weight excluding hydrogens is 224 g/mol. The number of carbonyl (C=O) groups excluding carboxylic acids is 1. The van der Waals surface area contributed by atoms with Crippen LogP contribution < -0.4 is 4.74 Å². The first kappa shape index (κ1) is 12.9. The lowest BCUT2D eigenvalue weighted by atomic mass is 9.86. The minimum atomic E-state index is 0.197. The highest BCUT2D eigenvalue weighted by Crippen LogP contribution is 2.33. The van der Waals surface area contributed by atoms with Crippen molar-refractivity contribution in [2.45, 2.75) is 40.0 Å². The number of benzene rings is 1. The topological polar surface area (TPSA) is 26.3 Å². The second-order valence-corrected chi connectivity index (χ2v) is 4.74. The highest BCUT2D eigenvalue weighted by atomic mass is 16.5. The molecular formula is C16H20O2. The Bertz CT molecular complexity index is 498. The third-order valence-electron chi connectivity index (χ3n) is 3.36. The van der Waals surface area contributed by atoms with Gasteiger partial charge in [-0.05, 0) is 54.2 Å². The van der Waals surface area contributed by atoms with Crippen LogP contribution in [0.4, 0.5) is 0 Å². The van der Waals surface area contributed by atoms with Crippen LogP contribution in [0.5, 0.6) is 5.75 Å². The number of ketones is 1. The Hall–Kier alpha value is -1.57. The molecule has 0 unspecified atom stereocenters. The van der Waals surface area contributed by atoms with Crippen molar-refractivity contribution in [1.29, 1.82) is 0 Å². The van der Waals surface area contributed by atoms with Crippen LogP contribution in [0, 0.1) is 0 Å². The molecule has 2 rings (SSSR count). The van der Waals surface area contributed by atoms with Gasteiger partial charge in [0.15, 0.2) is 5.78 Å². The Morgan fingerprint density at radius 1 is 1.28 bits per heavy atom. The lowest BCUT2D eigenvalue weighted by molar-refractivity contribution is -0.114. The highest BCUT2D eigenvalue weighted by molar-refractivity contribution is 6.02. The van der Waals surface area contributed by atoms with Gasteiger partial charge < -0.3 is 4.74 Å². The molecule has 18 heavy (non-hydrogen) atoms. The Balaban J connectivity index is 2.47. The number of hydrogen-bond donors (Lipinski definition) is 0. The lowest BCUT2D eigenvalue weighted by Gasteiger charge is -2.20. The summed E-state index contributed by atoms with van der Waals surface area (Å²) in [6.45, 7) is 6.95. The van der Waals surface area contributed by atoms with E-state index in [9.17, 15) is 4.79 Å². The van der Waals surface area contributed by atoms with E-state index in [0.29, 0.717) is 6.42 Å². The Morgan fingerprint density at radius 2 is 2.06 bits per heavy atom. The van der Waals surface area contributed by atoms with Crippen molar-refractivity contribution in [3.05, 3.63) is 34.9 Å². The first-order valence-corrected chi connectivity index (χ1v) is 6.66. The van der Waals surface area contributed by atoms with Crippen molar-refractivity contribution in [2.24, 2.45) is 0 Å². The molecule has 0 saturated heterocycles. The van der Waals surface area contributed by atoms with Crippen molar-refractivity contribution in [3.63, 3.8) is 0 Å². The molecule has 0 amide bonds. The third kappa shape index (κ3) is 2.33. The first-order valence-electron chi connectivity index (χ1n) is 6.66. The quantitative estimate of drug-likeness (QED) is 0.809. The predicted octanol–water partition coefficient (Wildman–Crippen LogP) is 3.57. The van der Waals surface area contributed by atoms with Gasteiger partial charge in [0.05, 0.1) is 6.61 Å². The van der Waals surface area contributed by atoms with E-state index in [4.69, 9.17) is 4.74 Å². The van der Waals surface area contributed by atoms with Gasteiger partial charge in [0, 0.05) is 6.42 Å². The molecule has 0 atom stereocenters. The normalized spacial score (nSPS) is 14.2. The van der Waals surface area contributed by atoms with Crippen molar-refractivity contribution < 1.29 is 9.53 Å². The zero-order valence-electron chi connectivity index (χ0n) is 11.4. The van der Waals surface area contributed by atoms with Gasteiger partial charge in [-0.3, -0.25) is 4.79 Å². The van der Waals surface area contributed by atoms with Gasteiger partial charge >= 0.3 is 0 Å². The summed E-state index contributed by atoms with van der Waals surface area (Å²) >= 11 is 0. The van der Waals surface area contributed by atoms with Crippen molar-refractivity contribution >= 4 is 11.4 Å². The number of rotatable bonds is 4. The van der Waals surface area contributed by atoms with E-state index in [1.807, 2.05) is 13.0 Å². The molecule has 1 aromatic rings. The van der Waals surface area contributed by atoms with E-state index in [2.05, 4.69) is 19.9 Å². The molecule has 2 nitrogen and oxygen atoms in total. The maximum absolute atomic E-state index is 11.7. The summed E-state index contributed by atoms with van der Waals surface area (Å²) in [5.41, 5.74) is 4.63. The van der Waals surface area contributed by atoms with Crippen LogP contribution in [0.15, 0.2) is 18.2 Å². The van der Waals surface area contributed by atoms with Gasteiger partial charge in [-0.1, -0.05) is 19.9 Å². The predicted molar refractivity (Wildman–Crippen MR) is 74.0 cm³/mol. The fourth-order valence-corrected chi connectivity index (χ4v) is 2.52. The average Bonchev–Trinajstić information content (AvgIpc) is 2.35. The SMILES string of the molecule is CCCOc1ccc2c(c1CC)CC(=O)C=C2C. The van der Waals surface area contributed by atoms with Crippen LogP contribution in [0.3, 0.4) is 0 Å². The molecule has 0 N–H and O–H groups in total. The van der Waals surface area contributed by atoms with Crippen LogP contribution in [0.1, 0.15) is 43.9 Å². The molecule has 0 fully saturated rings. The standard InChI is InChI=1S/C16H20O2/c1-4-8-18-16-7-6-14-11(3)9-12(17)10-15(14)13(16)5-2/h6-7,9H,4-5,8,10H2,1-3H3. The number of fused-ring (bicyclic) bond motifs is 1. The van der Waals surface area contributed by atoms with Crippen LogP contribution in [0.25, 0.3) is 5.57 Å². The molecule has 0 spiro atoms. The molecule has 0 aliphatic heterocycles. The summed E-state index contributed by atoms with van der Waals surface area (Å²) in [5, 5.41) is 0. The molecule has 1 aliphatic carbocycles. The maximum atomic E-state index is 11.7. The molecule has 1 aliphatic rings. The zero-order chi connectivity index (χ0) is 13.1. The zero-order valence-corrected chi connectivity index (χ0v) is 11.4. The molecule has 2 heteroatoms. The summed E-state index contributed by atoms with van der Waals surface area (Å²) in [5.74, 6) is 1.14. The first-order chi connectivity index (χ1) is 8.67. The fourth-order valence-electron chi connectivity index (χ4n) is 2.52. The molecule has 1 aromatic carbocycles. The Labute approximate surface area is 109 Å². The van der Waals surface area contributed by atoms with E-state index in [-0.39, 0.29) is 5.78 Å². The second-order valence-electron chi connectivity index (χ2n) is 4.74. The smallest absolute Gasteiger partial charge is 0.160 e. The minimum Gasteiger partial charge on any atom is -0.493 e. The van der Waals surface area contributed by atoms with Gasteiger partial charge in [0.1, 0.15) is 5.75 Å². The summed E-state index contributed by atoms with van der Waals surface area (Å²) in [7, 11) is 0. The summed E-state index contributed by atoms with van der Waals surface area (Å²) in [4.78, 5) is 11.7. The van der Waals surface area contributed by atoms with Crippen molar-refractivity contribution in [3.8, 4) is 5.75 Å². The molecule has 96 valence electrons. The molecule has 0 saturated carbocycles. The largest absolute Gasteiger partial charge is 0.493 e. The molecule has 0 radical (unpaired) electrons. The monoisotopic (exact) mass is 244 g/mol. The van der Waals surface area contributed by atoms with Gasteiger partial charge in [0.25, 0.3) is 0 Å². The van der Waals surface area contributed by atoms with Crippen molar-refractivity contribution in [1.82, 2.24) is 0 Å². The Morgan fingerprint density at radius 3 is 2.72 bits per heavy atom. The number of allylic oxidation sites excluding steroid dienone is 2. The lowest BCUT2D eigenvalue weighted by Crippen LogP contribution is -2.12. The van der Waals surface area contributed by atoms with E-state index in [1.54, 1.807) is 6.08 Å². The van der Waals surface area contributed by atoms with E-state index < -0.39 is 0 Å². The van der Waals surface area contributed by atoms with Crippen molar-refractivity contribution in [2.75, 3.05) is 6.61 Å². The third-order valence-corrected chi connectivity index (χ3v) is 3.36. The van der Waals surface area contributed by atoms with Crippen LogP contribution in [-0.2, 0) is 17.6 Å². The summed E-state index contributed by atoms with van der Waals surface area (Å²) in [6, 6.07) is 4.12. The Kier molecular flexibility index (Phi) is 3.85. The van der Waals surface area contributed by atoms with E-state index >= 15 is 0 Å². The summed E-state index contributed by atoms with van der Waals surface area (Å²) < 4.78 is 5.78. The second kappa shape index (κ2) is 5.38. The van der Waals surface area contributed by atoms with Gasteiger partial charge in [-0.2, -0.15) is 0 Å². The van der Waals surface area contributed by atoms with Gasteiger partial charge in [-0.15, -0.1) is 0 Å². The maximum Gasteiger partial charge on any atom is 0.160 e. The number of ether oxygens (including phenoxy) is 1. The van der Waals surface area contributed by atoms with Gasteiger partial charge in [0.2, 0.25) is 0 Å². The minimum absolute atomic E-state index is 0.197. The fraction of sp³-hybridized carbons (Fsp3) is 0.438. The van der Waals surface area contributed by atoms with Gasteiger partial charge in [-0.25, -0.2) is 0 Å². The molecule has 0 heterocycles. The van der Waals surface area contributed by atoms with Crippen LogP contribution in [-0.4, -0.2) is 12.4 Å². The van der Waals surface area contributed by atoms with Crippen LogP contribution >= 0.6 is 0 Å². The molecule has 0 bridgehead atoms. The van der Waals surface area contributed by atoms with E-state index in [1.165, 1.54) is 11.1 Å². The van der Waals surface area contributed by atoms with E-state index in [0.717, 1.165) is 36.3 Å². The summed E-state index contributed by atoms with van der Waals surface area (Å²) in [6.07, 6.45) is 4.16. The van der Waals surface area contributed by atoms with Crippen LogP contribution in [0.2, 0.25) is 0 Å². The average molecular weight is 244 g/mol.